The Hall–Kier alpha value is -1.39. The van der Waals surface area contributed by atoms with Crippen LogP contribution < -0.4 is 0 Å². The van der Waals surface area contributed by atoms with Gasteiger partial charge in [0, 0.05) is 11.1 Å². The molecule has 1 aromatic carbocycles. The maximum absolute atomic E-state index is 13.7. The van der Waals surface area contributed by atoms with Gasteiger partial charge in [-0.05, 0) is 13.8 Å². The number of hydrogen-bond donors (Lipinski definition) is 0. The zero-order valence-corrected chi connectivity index (χ0v) is 8.73. The molecule has 0 radical (unpaired) electrons. The van der Waals surface area contributed by atoms with Gasteiger partial charge in [0.15, 0.2) is 5.78 Å². The van der Waals surface area contributed by atoms with Crippen LogP contribution in [0.2, 0.25) is 0 Å². The maximum Gasteiger partial charge on any atom is 0.426 e. The summed E-state index contributed by atoms with van der Waals surface area (Å²) in [5.41, 5.74) is -4.41. The van der Waals surface area contributed by atoms with Gasteiger partial charge in [-0.15, -0.1) is 0 Å². The number of halogens is 4. The number of ketones is 1. The van der Waals surface area contributed by atoms with Gasteiger partial charge in [0.1, 0.15) is 0 Å². The fourth-order valence-electron chi connectivity index (χ4n) is 1.35. The molecule has 0 spiro atoms. The van der Waals surface area contributed by atoms with E-state index in [1.54, 1.807) is 0 Å². The molecule has 0 N–H and O–H groups in total. The first-order valence-electron chi connectivity index (χ1n) is 4.54. The standard InChI is InChI=1S/C11H10F4O/c1-7(16)8-5-3-4-6-9(8)10(2,12)11(13,14)15/h3-6H,1-2H3. The van der Waals surface area contributed by atoms with Gasteiger partial charge >= 0.3 is 6.18 Å². The third-order valence-electron chi connectivity index (χ3n) is 2.34. The molecule has 1 atom stereocenters. The molecule has 0 saturated heterocycles. The number of carbonyl (C=O) groups is 1. The molecule has 88 valence electrons. The topological polar surface area (TPSA) is 17.1 Å². The lowest BCUT2D eigenvalue weighted by atomic mass is 9.91. The molecule has 5 heteroatoms. The molecule has 1 unspecified atom stereocenters. The molecule has 16 heavy (non-hydrogen) atoms. The number of Topliss-reactive ketones (excluding diaryl/α,β-unsaturated/α-hetero) is 1. The first kappa shape index (κ1) is 12.7. The van der Waals surface area contributed by atoms with Crippen molar-refractivity contribution in [1.82, 2.24) is 0 Å². The van der Waals surface area contributed by atoms with Crippen LogP contribution in [0.25, 0.3) is 0 Å². The molecule has 0 aromatic heterocycles. The maximum atomic E-state index is 13.7. The molecule has 0 fully saturated rings. The fourth-order valence-corrected chi connectivity index (χ4v) is 1.35. The average Bonchev–Trinajstić information content (AvgIpc) is 2.16. The van der Waals surface area contributed by atoms with Crippen LogP contribution in [-0.4, -0.2) is 12.0 Å². The quantitative estimate of drug-likeness (QED) is 0.564. The van der Waals surface area contributed by atoms with E-state index < -0.39 is 23.2 Å². The molecule has 1 rings (SSSR count). The molecule has 0 amide bonds. The Morgan fingerprint density at radius 2 is 1.62 bits per heavy atom. The van der Waals surface area contributed by atoms with E-state index in [1.807, 2.05) is 0 Å². The summed E-state index contributed by atoms with van der Waals surface area (Å²) >= 11 is 0. The minimum Gasteiger partial charge on any atom is -0.294 e. The van der Waals surface area contributed by atoms with E-state index in [-0.39, 0.29) is 5.56 Å². The zero-order valence-electron chi connectivity index (χ0n) is 8.73. The average molecular weight is 234 g/mol. The highest BCUT2D eigenvalue weighted by atomic mass is 19.4. The van der Waals surface area contributed by atoms with Crippen molar-refractivity contribution in [2.75, 3.05) is 0 Å². The molecular formula is C11H10F4O. The molecule has 0 aliphatic heterocycles. The highest BCUT2D eigenvalue weighted by Crippen LogP contribution is 2.43. The SMILES string of the molecule is CC(=O)c1ccccc1C(C)(F)C(F)(F)F. The van der Waals surface area contributed by atoms with Crippen LogP contribution in [0, 0.1) is 0 Å². The van der Waals surface area contributed by atoms with Crippen LogP contribution in [0.15, 0.2) is 24.3 Å². The van der Waals surface area contributed by atoms with Crippen LogP contribution in [-0.2, 0) is 5.67 Å². The van der Waals surface area contributed by atoms with Crippen molar-refractivity contribution in [2.45, 2.75) is 25.7 Å². The van der Waals surface area contributed by atoms with Crippen LogP contribution >= 0.6 is 0 Å². The van der Waals surface area contributed by atoms with Crippen LogP contribution in [0.5, 0.6) is 0 Å². The molecule has 0 heterocycles. The Morgan fingerprint density at radius 3 is 2.06 bits per heavy atom. The highest BCUT2D eigenvalue weighted by molar-refractivity contribution is 5.95. The second-order valence-electron chi connectivity index (χ2n) is 3.60. The summed E-state index contributed by atoms with van der Waals surface area (Å²) < 4.78 is 51.1. The molecule has 0 bridgehead atoms. The summed E-state index contributed by atoms with van der Waals surface area (Å²) in [6.45, 7) is 1.51. The van der Waals surface area contributed by atoms with Gasteiger partial charge in [0.25, 0.3) is 0 Å². The lowest BCUT2D eigenvalue weighted by Gasteiger charge is -2.25. The first-order chi connectivity index (χ1) is 7.18. The Kier molecular flexibility index (Phi) is 3.08. The summed E-state index contributed by atoms with van der Waals surface area (Å²) in [6.07, 6.45) is -5.04. The lowest BCUT2D eigenvalue weighted by molar-refractivity contribution is -0.228. The van der Waals surface area contributed by atoms with E-state index in [0.29, 0.717) is 6.92 Å². The normalized spacial score (nSPS) is 15.6. The van der Waals surface area contributed by atoms with Gasteiger partial charge in [0.05, 0.1) is 0 Å². The summed E-state index contributed by atoms with van der Waals surface area (Å²) in [5.74, 6) is -0.594. The van der Waals surface area contributed by atoms with Crippen molar-refractivity contribution >= 4 is 5.78 Å². The Bertz CT molecular complexity index is 407. The van der Waals surface area contributed by atoms with E-state index in [2.05, 4.69) is 0 Å². The van der Waals surface area contributed by atoms with Gasteiger partial charge in [-0.2, -0.15) is 13.2 Å². The number of alkyl halides is 4. The minimum atomic E-state index is -5.04. The Balaban J connectivity index is 3.39. The summed E-state index contributed by atoms with van der Waals surface area (Å²) in [5, 5.41) is 0. The summed E-state index contributed by atoms with van der Waals surface area (Å²) in [4.78, 5) is 11.1. The van der Waals surface area contributed by atoms with E-state index in [1.165, 1.54) is 18.2 Å². The van der Waals surface area contributed by atoms with Gasteiger partial charge in [-0.1, -0.05) is 24.3 Å². The van der Waals surface area contributed by atoms with Crippen LogP contribution in [0.3, 0.4) is 0 Å². The number of rotatable bonds is 2. The van der Waals surface area contributed by atoms with Gasteiger partial charge in [0.2, 0.25) is 5.67 Å². The second kappa shape index (κ2) is 3.88. The van der Waals surface area contributed by atoms with Gasteiger partial charge in [-0.3, -0.25) is 4.79 Å². The first-order valence-corrected chi connectivity index (χ1v) is 4.54. The number of carbonyl (C=O) groups excluding carboxylic acids is 1. The second-order valence-corrected chi connectivity index (χ2v) is 3.60. The van der Waals surface area contributed by atoms with E-state index in [4.69, 9.17) is 0 Å². The van der Waals surface area contributed by atoms with Crippen molar-refractivity contribution in [3.63, 3.8) is 0 Å². The van der Waals surface area contributed by atoms with Gasteiger partial charge < -0.3 is 0 Å². The van der Waals surface area contributed by atoms with E-state index in [0.717, 1.165) is 13.0 Å². The monoisotopic (exact) mass is 234 g/mol. The predicted molar refractivity (Wildman–Crippen MR) is 51.0 cm³/mol. The van der Waals surface area contributed by atoms with Crippen molar-refractivity contribution in [2.24, 2.45) is 0 Å². The molecule has 1 nitrogen and oxygen atoms in total. The fraction of sp³-hybridized carbons (Fsp3) is 0.364. The molecule has 0 saturated carbocycles. The molecule has 0 aliphatic carbocycles. The van der Waals surface area contributed by atoms with Crippen LogP contribution in [0.4, 0.5) is 17.6 Å². The molecule has 0 aliphatic rings. The summed E-state index contributed by atoms with van der Waals surface area (Å²) in [7, 11) is 0. The Labute approximate surface area is 90.1 Å². The van der Waals surface area contributed by atoms with Crippen molar-refractivity contribution < 1.29 is 22.4 Å². The third kappa shape index (κ3) is 2.08. The van der Waals surface area contributed by atoms with E-state index in [9.17, 15) is 22.4 Å². The molecule has 1 aromatic rings. The van der Waals surface area contributed by atoms with Crippen LogP contribution in [0.1, 0.15) is 29.8 Å². The van der Waals surface area contributed by atoms with Gasteiger partial charge in [-0.25, -0.2) is 4.39 Å². The summed E-state index contributed by atoms with van der Waals surface area (Å²) in [6, 6.07) is 4.82. The number of benzene rings is 1. The smallest absolute Gasteiger partial charge is 0.294 e. The highest BCUT2D eigenvalue weighted by Gasteiger charge is 2.54. The minimum absolute atomic E-state index is 0.246. The third-order valence-corrected chi connectivity index (χ3v) is 2.34. The van der Waals surface area contributed by atoms with Crippen molar-refractivity contribution in [3.05, 3.63) is 35.4 Å². The largest absolute Gasteiger partial charge is 0.426 e. The van der Waals surface area contributed by atoms with Crippen molar-refractivity contribution in [3.8, 4) is 0 Å². The zero-order chi connectivity index (χ0) is 12.6. The van der Waals surface area contributed by atoms with Crippen molar-refractivity contribution in [1.29, 1.82) is 0 Å². The lowest BCUT2D eigenvalue weighted by Crippen LogP contribution is -2.36. The number of hydrogen-bond acceptors (Lipinski definition) is 1. The predicted octanol–water partition coefficient (Wildman–Crippen LogP) is 3.64. The van der Waals surface area contributed by atoms with E-state index >= 15 is 0 Å². The Morgan fingerprint density at radius 1 is 1.12 bits per heavy atom. The molecular weight excluding hydrogens is 224 g/mol.